The summed E-state index contributed by atoms with van der Waals surface area (Å²) in [6, 6.07) is 18.3. The number of ether oxygens (including phenoxy) is 1. The summed E-state index contributed by atoms with van der Waals surface area (Å²) in [5.41, 5.74) is 4.90. The highest BCUT2D eigenvalue weighted by molar-refractivity contribution is 6.31. The number of rotatable bonds is 8. The maximum Gasteiger partial charge on any atom is 0.308 e. The van der Waals surface area contributed by atoms with E-state index in [1.807, 2.05) is 63.4 Å². The van der Waals surface area contributed by atoms with Gasteiger partial charge in [0.1, 0.15) is 5.82 Å². The summed E-state index contributed by atoms with van der Waals surface area (Å²) < 4.78 is 19.7. The van der Waals surface area contributed by atoms with Gasteiger partial charge in [0.15, 0.2) is 0 Å². The second kappa shape index (κ2) is 15.7. The lowest BCUT2D eigenvalue weighted by Gasteiger charge is -2.26. The number of hydrogen-bond donors (Lipinski definition) is 0. The molecule has 1 heterocycles. The zero-order chi connectivity index (χ0) is 30.9. The Labute approximate surface area is 265 Å². The highest BCUT2D eigenvalue weighted by Crippen LogP contribution is 2.31. The van der Waals surface area contributed by atoms with Crippen molar-refractivity contribution in [3.63, 3.8) is 0 Å². The first-order valence-electron chi connectivity index (χ1n) is 15.3. The van der Waals surface area contributed by atoms with E-state index in [0.717, 1.165) is 66.3 Å². The van der Waals surface area contributed by atoms with Gasteiger partial charge < -0.3 is 9.64 Å². The number of cyclic esters (lactones) is 1. The van der Waals surface area contributed by atoms with Gasteiger partial charge in [-0.25, -0.2) is 4.39 Å². The fourth-order valence-corrected chi connectivity index (χ4v) is 6.31. The lowest BCUT2D eigenvalue weighted by Crippen LogP contribution is -2.31. The van der Waals surface area contributed by atoms with E-state index in [1.165, 1.54) is 6.07 Å². The molecule has 0 bridgehead atoms. The molecule has 0 saturated heterocycles. The summed E-state index contributed by atoms with van der Waals surface area (Å²) in [6.07, 6.45) is 6.44. The third-order valence-corrected chi connectivity index (χ3v) is 9.30. The van der Waals surface area contributed by atoms with Crippen molar-refractivity contribution in [3.8, 4) is 0 Å². The van der Waals surface area contributed by atoms with Crippen molar-refractivity contribution >= 4 is 35.1 Å². The van der Waals surface area contributed by atoms with Crippen molar-refractivity contribution in [1.82, 2.24) is 4.90 Å². The zero-order valence-electron chi connectivity index (χ0n) is 25.4. The molecule has 0 aromatic heterocycles. The Morgan fingerprint density at radius 1 is 1.05 bits per heavy atom. The van der Waals surface area contributed by atoms with Gasteiger partial charge in [-0.1, -0.05) is 79.7 Å². The first-order valence-corrected chi connectivity index (χ1v) is 16.1. The monoisotopic (exact) mass is 625 g/mol. The zero-order valence-corrected chi connectivity index (χ0v) is 26.9. The second-order valence-electron chi connectivity index (χ2n) is 12.0. The molecule has 1 aliphatic rings. The van der Waals surface area contributed by atoms with Gasteiger partial charge in [0, 0.05) is 23.6 Å². The lowest BCUT2D eigenvalue weighted by atomic mass is 9.86. The topological polar surface area (TPSA) is 46.6 Å². The number of benzene rings is 3. The van der Waals surface area contributed by atoms with Gasteiger partial charge in [-0.05, 0) is 103 Å². The molecule has 3 aromatic carbocycles. The largest absolute Gasteiger partial charge is 0.465 e. The standard InChI is InChI=1S/C36H42Cl2FNO3/c1-24-10-13-30(22-34(24)38)33(35(41)40(3)23-27-11-15-31(37)16-12-27)9-5-7-26-6-4-8-28-21-32(39)17-14-29(28)20-25(2)36(42)43-19-18-26/h10-17,21-22,25-26,33H,4-9,18-20,23H2,1-3H3/t25?,26?,33-/m1/s1. The number of amides is 1. The van der Waals surface area contributed by atoms with E-state index in [4.69, 9.17) is 27.9 Å². The lowest BCUT2D eigenvalue weighted by molar-refractivity contribution is -0.148. The third-order valence-electron chi connectivity index (χ3n) is 8.64. The van der Waals surface area contributed by atoms with Crippen LogP contribution in [-0.4, -0.2) is 30.4 Å². The molecule has 1 aliphatic heterocycles. The van der Waals surface area contributed by atoms with Gasteiger partial charge in [-0.2, -0.15) is 0 Å². The van der Waals surface area contributed by atoms with E-state index >= 15 is 0 Å². The Morgan fingerprint density at radius 3 is 2.56 bits per heavy atom. The summed E-state index contributed by atoms with van der Waals surface area (Å²) >= 11 is 12.5. The maximum absolute atomic E-state index is 14.1. The Balaban J connectivity index is 1.44. The van der Waals surface area contributed by atoms with Crippen LogP contribution in [0.4, 0.5) is 4.39 Å². The molecule has 4 rings (SSSR count). The summed E-state index contributed by atoms with van der Waals surface area (Å²) in [6.45, 7) is 4.71. The molecule has 0 saturated carbocycles. The molecule has 0 fully saturated rings. The third kappa shape index (κ3) is 9.55. The Hall–Kier alpha value is -2.89. The molecule has 3 atom stereocenters. The van der Waals surface area contributed by atoms with E-state index in [9.17, 15) is 14.0 Å². The first kappa shape index (κ1) is 33.0. The molecule has 4 nitrogen and oxygen atoms in total. The minimum absolute atomic E-state index is 0.0510. The predicted molar refractivity (Wildman–Crippen MR) is 172 cm³/mol. The minimum Gasteiger partial charge on any atom is -0.465 e. The van der Waals surface area contributed by atoms with Crippen LogP contribution in [0.1, 0.15) is 79.2 Å². The van der Waals surface area contributed by atoms with Crippen molar-refractivity contribution in [3.05, 3.63) is 104 Å². The number of hydrogen-bond acceptors (Lipinski definition) is 3. The SMILES string of the molecule is Cc1ccc([C@@H](CCCC2CCCc3cc(F)ccc3CC(C)C(=O)OCC2)C(=O)N(C)Cc2ccc(Cl)cc2)cc1Cl. The number of nitrogens with zero attached hydrogens (tertiary/aromatic N) is 1. The number of likely N-dealkylation sites (N-methyl/N-ethyl adjacent to an activating group) is 1. The van der Waals surface area contributed by atoms with Crippen LogP contribution < -0.4 is 0 Å². The van der Waals surface area contributed by atoms with Gasteiger partial charge in [-0.15, -0.1) is 0 Å². The molecule has 0 spiro atoms. The molecular weight excluding hydrogens is 584 g/mol. The van der Waals surface area contributed by atoms with Crippen LogP contribution in [0, 0.1) is 24.6 Å². The van der Waals surface area contributed by atoms with E-state index in [2.05, 4.69) is 0 Å². The second-order valence-corrected chi connectivity index (χ2v) is 12.9. The van der Waals surface area contributed by atoms with Gasteiger partial charge in [0.2, 0.25) is 5.91 Å². The van der Waals surface area contributed by atoms with E-state index in [-0.39, 0.29) is 29.5 Å². The highest BCUT2D eigenvalue weighted by atomic mass is 35.5. The average molecular weight is 627 g/mol. The van der Waals surface area contributed by atoms with Crippen molar-refractivity contribution in [2.75, 3.05) is 13.7 Å². The van der Waals surface area contributed by atoms with Gasteiger partial charge >= 0.3 is 5.97 Å². The molecule has 0 N–H and O–H groups in total. The van der Waals surface area contributed by atoms with Gasteiger partial charge in [-0.3, -0.25) is 9.59 Å². The number of halogens is 3. The number of carbonyl (C=O) groups excluding carboxylic acids is 2. The van der Waals surface area contributed by atoms with Gasteiger partial charge in [0.25, 0.3) is 0 Å². The van der Waals surface area contributed by atoms with E-state index < -0.39 is 0 Å². The van der Waals surface area contributed by atoms with Crippen LogP contribution >= 0.6 is 23.2 Å². The molecule has 2 unspecified atom stereocenters. The minimum atomic E-state index is -0.324. The van der Waals surface area contributed by atoms with Crippen molar-refractivity contribution in [2.45, 2.75) is 77.7 Å². The summed E-state index contributed by atoms with van der Waals surface area (Å²) in [7, 11) is 1.84. The van der Waals surface area contributed by atoms with Gasteiger partial charge in [0.05, 0.1) is 18.4 Å². The fraction of sp³-hybridized carbons (Fsp3) is 0.444. The molecule has 1 amide bonds. The summed E-state index contributed by atoms with van der Waals surface area (Å²) in [4.78, 5) is 28.3. The van der Waals surface area contributed by atoms with Crippen LogP contribution in [0.5, 0.6) is 0 Å². The number of carbonyl (C=O) groups is 2. The number of esters is 1. The number of fused-ring (bicyclic) bond motifs is 1. The Morgan fingerprint density at radius 2 is 1.81 bits per heavy atom. The maximum atomic E-state index is 14.1. The van der Waals surface area contributed by atoms with E-state index in [1.54, 1.807) is 17.0 Å². The Kier molecular flexibility index (Phi) is 12.1. The van der Waals surface area contributed by atoms with Crippen LogP contribution in [-0.2, 0) is 33.7 Å². The molecule has 3 aromatic rings. The number of aryl methyl sites for hydroxylation is 2. The van der Waals surface area contributed by atoms with Crippen molar-refractivity contribution in [1.29, 1.82) is 0 Å². The quantitative estimate of drug-likeness (QED) is 0.234. The van der Waals surface area contributed by atoms with E-state index in [0.29, 0.717) is 42.0 Å². The molecule has 0 radical (unpaired) electrons. The summed E-state index contributed by atoms with van der Waals surface area (Å²) in [5.74, 6) is -0.667. The van der Waals surface area contributed by atoms with Crippen LogP contribution in [0.3, 0.4) is 0 Å². The fourth-order valence-electron chi connectivity index (χ4n) is 6.00. The van der Waals surface area contributed by atoms with Crippen molar-refractivity contribution in [2.24, 2.45) is 11.8 Å². The smallest absolute Gasteiger partial charge is 0.308 e. The van der Waals surface area contributed by atoms with Crippen LogP contribution in [0.15, 0.2) is 60.7 Å². The first-order chi connectivity index (χ1) is 20.6. The molecule has 7 heteroatoms. The average Bonchev–Trinajstić information content (AvgIpc) is 2.98. The van der Waals surface area contributed by atoms with Crippen LogP contribution in [0.2, 0.25) is 10.0 Å². The van der Waals surface area contributed by atoms with Crippen LogP contribution in [0.25, 0.3) is 0 Å². The molecule has 0 aliphatic carbocycles. The molecule has 230 valence electrons. The van der Waals surface area contributed by atoms with Crippen molar-refractivity contribution < 1.29 is 18.7 Å². The molecular formula is C36H42Cl2FNO3. The molecule has 43 heavy (non-hydrogen) atoms. The Bertz CT molecular complexity index is 1390. The predicted octanol–water partition coefficient (Wildman–Crippen LogP) is 9.12. The normalized spacial score (nSPS) is 18.5. The highest BCUT2D eigenvalue weighted by Gasteiger charge is 2.26. The summed E-state index contributed by atoms with van der Waals surface area (Å²) in [5, 5.41) is 1.32.